The molecular formula is C19H29F2N. The van der Waals surface area contributed by atoms with Crippen LogP contribution in [0.3, 0.4) is 0 Å². The van der Waals surface area contributed by atoms with Crippen LogP contribution in [0.25, 0.3) is 0 Å². The fourth-order valence-corrected chi connectivity index (χ4v) is 1.38. The lowest BCUT2D eigenvalue weighted by molar-refractivity contribution is 0.497. The highest BCUT2D eigenvalue weighted by atomic mass is 19.2. The first-order chi connectivity index (χ1) is 10.4. The van der Waals surface area contributed by atoms with Gasteiger partial charge < -0.3 is 5.73 Å². The maximum Gasteiger partial charge on any atom is 0.161 e. The molecule has 1 nitrogen and oxygen atoms in total. The molecule has 0 saturated heterocycles. The van der Waals surface area contributed by atoms with Crippen LogP contribution in [0.2, 0.25) is 0 Å². The third-order valence-electron chi connectivity index (χ3n) is 2.69. The average molecular weight is 309 g/mol. The zero-order chi connectivity index (χ0) is 17.7. The predicted octanol–water partition coefficient (Wildman–Crippen LogP) is 5.49. The molecule has 3 heteroatoms. The van der Waals surface area contributed by atoms with E-state index in [1.807, 2.05) is 13.8 Å². The summed E-state index contributed by atoms with van der Waals surface area (Å²) in [5, 5.41) is 0. The fraction of sp³-hybridized carbons (Fsp3) is 0.368. The molecule has 2 rings (SSSR count). The molecule has 0 aliphatic rings. The minimum atomic E-state index is -0.736. The lowest BCUT2D eigenvalue weighted by Gasteiger charge is -1.99. The van der Waals surface area contributed by atoms with E-state index >= 15 is 0 Å². The molecule has 0 aliphatic carbocycles. The number of aryl methyl sites for hydroxylation is 4. The second kappa shape index (κ2) is 13.0. The van der Waals surface area contributed by atoms with Gasteiger partial charge in [0.15, 0.2) is 11.6 Å². The van der Waals surface area contributed by atoms with E-state index in [0.29, 0.717) is 11.1 Å². The maximum absolute atomic E-state index is 12.6. The van der Waals surface area contributed by atoms with Crippen molar-refractivity contribution in [1.82, 2.24) is 0 Å². The highest BCUT2D eigenvalue weighted by Gasteiger charge is 2.05. The predicted molar refractivity (Wildman–Crippen MR) is 93.2 cm³/mol. The Morgan fingerprint density at radius 2 is 0.818 bits per heavy atom. The molecular weight excluding hydrogens is 280 g/mol. The minimum Gasteiger partial charge on any atom is -0.333 e. The second-order valence-electron chi connectivity index (χ2n) is 4.48. The van der Waals surface area contributed by atoms with E-state index in [0.717, 1.165) is 0 Å². The Morgan fingerprint density at radius 3 is 1.05 bits per heavy atom. The van der Waals surface area contributed by atoms with Crippen molar-refractivity contribution in [2.24, 2.45) is 5.73 Å². The topological polar surface area (TPSA) is 26.0 Å². The van der Waals surface area contributed by atoms with E-state index in [-0.39, 0.29) is 0 Å². The van der Waals surface area contributed by atoms with Gasteiger partial charge in [-0.25, -0.2) is 8.78 Å². The first-order valence-corrected chi connectivity index (χ1v) is 7.44. The molecule has 0 spiro atoms. The number of hydrogen-bond acceptors (Lipinski definition) is 1. The number of rotatable bonds is 0. The summed E-state index contributed by atoms with van der Waals surface area (Å²) in [6.07, 6.45) is 0. The Bertz CT molecular complexity index is 472. The molecule has 0 heterocycles. The van der Waals surface area contributed by atoms with E-state index < -0.39 is 11.6 Å². The molecule has 0 amide bonds. The Balaban J connectivity index is 0. The second-order valence-corrected chi connectivity index (χ2v) is 4.48. The lowest BCUT2D eigenvalue weighted by atomic mass is 10.1. The van der Waals surface area contributed by atoms with Gasteiger partial charge in [-0.2, -0.15) is 0 Å². The standard InChI is InChI=1S/C8H8F2.C8H10.C2H6.CH5N/c1-5-3-4-6(2)8(10)7(5)9;1-7-3-5-8(2)6-4-7;2*1-2/h3-4H,1-2H3;3-6H,1-2H3;1-2H3;2H2,1H3. The van der Waals surface area contributed by atoms with E-state index in [2.05, 4.69) is 43.8 Å². The zero-order valence-electron chi connectivity index (χ0n) is 14.8. The molecule has 0 atom stereocenters. The van der Waals surface area contributed by atoms with Gasteiger partial charge in [-0.15, -0.1) is 0 Å². The lowest BCUT2D eigenvalue weighted by Crippen LogP contribution is -1.91. The Labute approximate surface area is 134 Å². The van der Waals surface area contributed by atoms with Crippen LogP contribution < -0.4 is 5.73 Å². The zero-order valence-corrected chi connectivity index (χ0v) is 14.8. The van der Waals surface area contributed by atoms with E-state index in [4.69, 9.17) is 0 Å². The van der Waals surface area contributed by atoms with Crippen molar-refractivity contribution in [2.75, 3.05) is 7.05 Å². The average Bonchev–Trinajstić information content (AvgIpc) is 2.56. The largest absolute Gasteiger partial charge is 0.333 e. The molecule has 2 aromatic carbocycles. The summed E-state index contributed by atoms with van der Waals surface area (Å²) in [6.45, 7) is 11.3. The molecule has 0 radical (unpaired) electrons. The smallest absolute Gasteiger partial charge is 0.161 e. The summed E-state index contributed by atoms with van der Waals surface area (Å²) < 4.78 is 25.2. The first-order valence-electron chi connectivity index (χ1n) is 7.44. The monoisotopic (exact) mass is 309 g/mol. The summed E-state index contributed by atoms with van der Waals surface area (Å²) in [7, 11) is 1.50. The third-order valence-corrected chi connectivity index (χ3v) is 2.69. The molecule has 0 aromatic heterocycles. The van der Waals surface area contributed by atoms with Crippen molar-refractivity contribution in [3.8, 4) is 0 Å². The molecule has 0 saturated carbocycles. The van der Waals surface area contributed by atoms with Gasteiger partial charge in [-0.3, -0.25) is 0 Å². The number of hydrogen-bond donors (Lipinski definition) is 1. The molecule has 0 bridgehead atoms. The van der Waals surface area contributed by atoms with Crippen molar-refractivity contribution in [2.45, 2.75) is 41.5 Å². The van der Waals surface area contributed by atoms with Crippen molar-refractivity contribution in [1.29, 1.82) is 0 Å². The summed E-state index contributed by atoms with van der Waals surface area (Å²) in [4.78, 5) is 0. The molecule has 0 aliphatic heterocycles. The highest BCUT2D eigenvalue weighted by molar-refractivity contribution is 5.24. The van der Waals surface area contributed by atoms with E-state index in [1.54, 1.807) is 12.1 Å². The van der Waals surface area contributed by atoms with Crippen LogP contribution in [-0.2, 0) is 0 Å². The fourth-order valence-electron chi connectivity index (χ4n) is 1.38. The normalized spacial score (nSPS) is 8.45. The number of halogens is 2. The molecule has 124 valence electrons. The van der Waals surface area contributed by atoms with Crippen LogP contribution in [0.5, 0.6) is 0 Å². The molecule has 0 unspecified atom stereocenters. The maximum atomic E-state index is 12.6. The molecule has 2 N–H and O–H groups in total. The Morgan fingerprint density at radius 1 is 0.591 bits per heavy atom. The van der Waals surface area contributed by atoms with Crippen LogP contribution in [0.4, 0.5) is 8.78 Å². The van der Waals surface area contributed by atoms with Crippen molar-refractivity contribution in [3.63, 3.8) is 0 Å². The van der Waals surface area contributed by atoms with Gasteiger partial charge in [0, 0.05) is 0 Å². The van der Waals surface area contributed by atoms with Crippen LogP contribution in [0.15, 0.2) is 36.4 Å². The highest BCUT2D eigenvalue weighted by Crippen LogP contribution is 2.13. The van der Waals surface area contributed by atoms with Gasteiger partial charge in [0.2, 0.25) is 0 Å². The van der Waals surface area contributed by atoms with E-state index in [9.17, 15) is 8.78 Å². The van der Waals surface area contributed by atoms with Crippen LogP contribution >= 0.6 is 0 Å². The van der Waals surface area contributed by atoms with Crippen LogP contribution in [0.1, 0.15) is 36.1 Å². The van der Waals surface area contributed by atoms with Gasteiger partial charge >= 0.3 is 0 Å². The Hall–Kier alpha value is -1.74. The molecule has 22 heavy (non-hydrogen) atoms. The summed E-state index contributed by atoms with van der Waals surface area (Å²) in [5.74, 6) is -1.47. The van der Waals surface area contributed by atoms with Gasteiger partial charge in [0.05, 0.1) is 0 Å². The Kier molecular flexibility index (Phi) is 13.3. The summed E-state index contributed by atoms with van der Waals surface area (Å²) in [6, 6.07) is 11.6. The van der Waals surface area contributed by atoms with Gasteiger partial charge in [0.25, 0.3) is 0 Å². The van der Waals surface area contributed by atoms with Crippen LogP contribution in [0, 0.1) is 39.3 Å². The summed E-state index contributed by atoms with van der Waals surface area (Å²) >= 11 is 0. The summed E-state index contributed by atoms with van der Waals surface area (Å²) in [5.41, 5.74) is 7.86. The van der Waals surface area contributed by atoms with Gasteiger partial charge in [-0.05, 0) is 45.9 Å². The van der Waals surface area contributed by atoms with Gasteiger partial charge in [-0.1, -0.05) is 61.4 Å². The van der Waals surface area contributed by atoms with Gasteiger partial charge in [0.1, 0.15) is 0 Å². The number of benzene rings is 2. The minimum absolute atomic E-state index is 0.350. The quantitative estimate of drug-likeness (QED) is 0.684. The molecule has 0 fully saturated rings. The molecule has 2 aromatic rings. The van der Waals surface area contributed by atoms with Crippen LogP contribution in [-0.4, -0.2) is 7.05 Å². The van der Waals surface area contributed by atoms with E-state index in [1.165, 1.54) is 32.0 Å². The van der Waals surface area contributed by atoms with Crippen molar-refractivity contribution < 1.29 is 8.78 Å². The third kappa shape index (κ3) is 8.53. The SMILES string of the molecule is CC.CN.Cc1ccc(C)c(F)c1F.Cc1ccc(C)cc1. The number of nitrogens with two attached hydrogens (primary N) is 1. The van der Waals surface area contributed by atoms with Crippen molar-refractivity contribution in [3.05, 3.63) is 70.3 Å². The first kappa shape index (κ1) is 22.5. The van der Waals surface area contributed by atoms with Crippen molar-refractivity contribution >= 4 is 0 Å².